The Kier molecular flexibility index (Phi) is 5.33. The van der Waals surface area contributed by atoms with Crippen molar-refractivity contribution in [3.8, 4) is 0 Å². The molecule has 5 nitrogen and oxygen atoms in total. The highest BCUT2D eigenvalue weighted by Crippen LogP contribution is 2.68. The number of benzene rings is 1. The molecule has 1 spiro atoms. The fraction of sp³-hybridized carbons (Fsp3) is 0.560. The quantitative estimate of drug-likeness (QED) is 0.608. The maximum atomic E-state index is 14.0. The lowest BCUT2D eigenvalue weighted by Crippen LogP contribution is -2.64. The van der Waals surface area contributed by atoms with Crippen LogP contribution in [0.15, 0.2) is 35.9 Å². The Labute approximate surface area is 177 Å². The topological polar surface area (TPSA) is 69.7 Å². The molecule has 1 aromatic carbocycles. The number of methoxy groups -OCH3 is 1. The van der Waals surface area contributed by atoms with E-state index in [1.807, 2.05) is 31.2 Å². The summed E-state index contributed by atoms with van der Waals surface area (Å²) < 4.78 is 11.4. The molecule has 2 bridgehead atoms. The van der Waals surface area contributed by atoms with Crippen LogP contribution in [0.5, 0.6) is 0 Å². The van der Waals surface area contributed by atoms with Crippen molar-refractivity contribution in [3.63, 3.8) is 0 Å². The van der Waals surface area contributed by atoms with Gasteiger partial charge in [0.2, 0.25) is 0 Å². The van der Waals surface area contributed by atoms with Crippen molar-refractivity contribution in [2.24, 2.45) is 17.3 Å². The van der Waals surface area contributed by atoms with Gasteiger partial charge in [-0.15, -0.1) is 0 Å². The van der Waals surface area contributed by atoms with Gasteiger partial charge in [-0.25, -0.2) is 9.59 Å². The highest BCUT2D eigenvalue weighted by atomic mass is 16.6. The van der Waals surface area contributed by atoms with Gasteiger partial charge in [-0.05, 0) is 37.7 Å². The number of esters is 2. The molecule has 0 amide bonds. The minimum absolute atomic E-state index is 0.00949. The normalized spacial score (nSPS) is 31.3. The summed E-state index contributed by atoms with van der Waals surface area (Å²) in [5, 5.41) is 0. The minimum Gasteiger partial charge on any atom is -0.466 e. The van der Waals surface area contributed by atoms with E-state index in [1.165, 1.54) is 7.11 Å². The van der Waals surface area contributed by atoms with Crippen LogP contribution in [0.2, 0.25) is 0 Å². The summed E-state index contributed by atoms with van der Waals surface area (Å²) in [6.45, 7) is 4.15. The molecule has 4 aliphatic rings. The van der Waals surface area contributed by atoms with Gasteiger partial charge in [0.15, 0.2) is 5.60 Å². The third-order valence-electron chi connectivity index (χ3n) is 7.41. The first kappa shape index (κ1) is 20.8. The number of carbonyl (C=O) groups is 3. The first-order valence-electron chi connectivity index (χ1n) is 11.1. The molecular formula is C25H30O5. The van der Waals surface area contributed by atoms with Crippen LogP contribution >= 0.6 is 0 Å². The zero-order valence-electron chi connectivity index (χ0n) is 18.0. The van der Waals surface area contributed by atoms with Crippen molar-refractivity contribution in [1.29, 1.82) is 0 Å². The number of fused-ring (bicyclic) bond motifs is 2. The standard InChI is InChI=1S/C25H30O5/c1-4-6-12-21(26)24-14-13-16(15-20(24)23(28)29-3)18(9-5-2)25(24)19-11-8-7-10-17(19)22(27)30-25/h7-8,10-11,15-16,18H,4-6,9,12-14H2,1-3H3. The Balaban J connectivity index is 2.02. The van der Waals surface area contributed by atoms with Gasteiger partial charge in [0.25, 0.3) is 0 Å². The van der Waals surface area contributed by atoms with Crippen LogP contribution in [0.25, 0.3) is 0 Å². The number of hydrogen-bond donors (Lipinski definition) is 0. The largest absolute Gasteiger partial charge is 0.466 e. The van der Waals surface area contributed by atoms with Crippen LogP contribution < -0.4 is 0 Å². The molecular weight excluding hydrogens is 380 g/mol. The zero-order chi connectivity index (χ0) is 21.5. The molecule has 1 saturated carbocycles. The van der Waals surface area contributed by atoms with E-state index in [0.717, 1.165) is 37.7 Å². The van der Waals surface area contributed by atoms with E-state index < -0.39 is 23.0 Å². The summed E-state index contributed by atoms with van der Waals surface area (Å²) in [6.07, 6.45) is 6.97. The van der Waals surface area contributed by atoms with E-state index in [-0.39, 0.29) is 17.6 Å². The monoisotopic (exact) mass is 410 g/mol. The second-order valence-corrected chi connectivity index (χ2v) is 8.77. The molecule has 30 heavy (non-hydrogen) atoms. The Morgan fingerprint density at radius 1 is 1.20 bits per heavy atom. The van der Waals surface area contributed by atoms with Crippen molar-refractivity contribution in [1.82, 2.24) is 0 Å². The van der Waals surface area contributed by atoms with Gasteiger partial charge in [-0.3, -0.25) is 4.79 Å². The van der Waals surface area contributed by atoms with Crippen molar-refractivity contribution in [2.45, 2.75) is 64.4 Å². The van der Waals surface area contributed by atoms with Gasteiger partial charge in [-0.1, -0.05) is 51.0 Å². The van der Waals surface area contributed by atoms with Crippen LogP contribution in [0.1, 0.15) is 74.7 Å². The smallest absolute Gasteiger partial charge is 0.339 e. The van der Waals surface area contributed by atoms with E-state index in [4.69, 9.17) is 9.47 Å². The zero-order valence-corrected chi connectivity index (χ0v) is 18.0. The lowest BCUT2D eigenvalue weighted by Gasteiger charge is -2.59. The van der Waals surface area contributed by atoms with Gasteiger partial charge in [0.05, 0.1) is 18.2 Å². The van der Waals surface area contributed by atoms with Gasteiger partial charge in [0.1, 0.15) is 11.2 Å². The Morgan fingerprint density at radius 2 is 1.97 bits per heavy atom. The Hall–Kier alpha value is -2.43. The number of ether oxygens (including phenoxy) is 2. The number of unbranched alkanes of at least 4 members (excludes halogenated alkanes) is 1. The summed E-state index contributed by atoms with van der Waals surface area (Å²) >= 11 is 0. The third kappa shape index (κ3) is 2.57. The average Bonchev–Trinajstić information content (AvgIpc) is 3.07. The number of hydrogen-bond acceptors (Lipinski definition) is 5. The van der Waals surface area contributed by atoms with Crippen LogP contribution in [0, 0.1) is 17.3 Å². The highest BCUT2D eigenvalue weighted by Gasteiger charge is 2.73. The third-order valence-corrected chi connectivity index (χ3v) is 7.41. The van der Waals surface area contributed by atoms with Crippen molar-refractivity contribution in [3.05, 3.63) is 47.0 Å². The Morgan fingerprint density at radius 3 is 2.67 bits per heavy atom. The predicted molar refractivity (Wildman–Crippen MR) is 112 cm³/mol. The van der Waals surface area contributed by atoms with E-state index in [2.05, 4.69) is 6.92 Å². The van der Waals surface area contributed by atoms with Crippen LogP contribution in [-0.2, 0) is 24.7 Å². The van der Waals surface area contributed by atoms with Crippen LogP contribution in [-0.4, -0.2) is 24.8 Å². The Bertz CT molecular complexity index is 916. The first-order valence-corrected chi connectivity index (χ1v) is 11.1. The molecule has 0 N–H and O–H groups in total. The van der Waals surface area contributed by atoms with Crippen molar-refractivity contribution >= 4 is 17.7 Å². The molecule has 1 heterocycles. The molecule has 4 unspecified atom stereocenters. The molecule has 5 heteroatoms. The summed E-state index contributed by atoms with van der Waals surface area (Å²) in [5.41, 5.74) is -0.663. The number of ketones is 1. The number of rotatable bonds is 7. The summed E-state index contributed by atoms with van der Waals surface area (Å²) in [5.74, 6) is -0.864. The predicted octanol–water partition coefficient (Wildman–Crippen LogP) is 4.74. The molecule has 0 saturated heterocycles. The maximum Gasteiger partial charge on any atom is 0.339 e. The van der Waals surface area contributed by atoms with E-state index in [1.54, 1.807) is 6.07 Å². The van der Waals surface area contributed by atoms with E-state index in [9.17, 15) is 14.4 Å². The SMILES string of the molecule is CCCCC(=O)C12CCC(C=C1C(=O)OC)C(CCC)C21OC(=O)c2ccccc21. The lowest BCUT2D eigenvalue weighted by molar-refractivity contribution is -0.183. The first-order chi connectivity index (χ1) is 14.5. The van der Waals surface area contributed by atoms with Crippen LogP contribution in [0.4, 0.5) is 0 Å². The lowest BCUT2D eigenvalue weighted by atomic mass is 9.44. The summed E-state index contributed by atoms with van der Waals surface area (Å²) in [4.78, 5) is 39.9. The van der Waals surface area contributed by atoms with Gasteiger partial charge < -0.3 is 9.47 Å². The molecule has 4 atom stereocenters. The number of Topliss-reactive ketones (excluding diaryl/α,β-unsaturated/α-hetero) is 1. The molecule has 1 aliphatic heterocycles. The van der Waals surface area contributed by atoms with Crippen LogP contribution in [0.3, 0.4) is 0 Å². The number of carbonyl (C=O) groups excluding carboxylic acids is 3. The molecule has 1 aromatic rings. The fourth-order valence-corrected chi connectivity index (χ4v) is 6.24. The van der Waals surface area contributed by atoms with E-state index >= 15 is 0 Å². The van der Waals surface area contributed by atoms with E-state index in [0.29, 0.717) is 24.0 Å². The summed E-state index contributed by atoms with van der Waals surface area (Å²) in [6, 6.07) is 7.38. The molecule has 160 valence electrons. The molecule has 0 radical (unpaired) electrons. The minimum atomic E-state index is -1.19. The van der Waals surface area contributed by atoms with Gasteiger partial charge in [-0.2, -0.15) is 0 Å². The fourth-order valence-electron chi connectivity index (χ4n) is 6.24. The van der Waals surface area contributed by atoms with Gasteiger partial charge >= 0.3 is 11.9 Å². The van der Waals surface area contributed by atoms with Crippen molar-refractivity contribution < 1.29 is 23.9 Å². The maximum absolute atomic E-state index is 14.0. The van der Waals surface area contributed by atoms with Gasteiger partial charge in [0, 0.05) is 17.9 Å². The highest BCUT2D eigenvalue weighted by molar-refractivity contribution is 6.05. The molecule has 3 aliphatic carbocycles. The number of allylic oxidation sites excluding steroid dienone is 1. The molecule has 1 fully saturated rings. The second-order valence-electron chi connectivity index (χ2n) is 8.77. The molecule has 0 aromatic heterocycles. The summed E-state index contributed by atoms with van der Waals surface area (Å²) in [7, 11) is 1.35. The second kappa shape index (κ2) is 7.68. The average molecular weight is 411 g/mol. The molecule has 5 rings (SSSR count). The van der Waals surface area contributed by atoms with Crippen molar-refractivity contribution in [2.75, 3.05) is 7.11 Å².